The topological polar surface area (TPSA) is 74.6 Å². The summed E-state index contributed by atoms with van der Waals surface area (Å²) in [5.74, 6) is -1.62. The Morgan fingerprint density at radius 3 is 2.44 bits per heavy atom. The van der Waals surface area contributed by atoms with Gasteiger partial charge >= 0.3 is 5.97 Å². The second kappa shape index (κ2) is 6.36. The molecular formula is C12H13BrO4S. The standard InChI is InChI=1S/C12H13BrO4S/c1-6(13)10(14)9-5-7(18-2)3-4-8(9)11(15)12(16)17/h3-6,11,15H,1-2H3,(H,16,17). The number of carboxylic acid groups (broad SMARTS) is 1. The van der Waals surface area contributed by atoms with Crippen molar-refractivity contribution >= 4 is 39.4 Å². The average molecular weight is 333 g/mol. The Morgan fingerprint density at radius 2 is 2.00 bits per heavy atom. The summed E-state index contributed by atoms with van der Waals surface area (Å²) in [5, 5.41) is 18.4. The van der Waals surface area contributed by atoms with Crippen LogP contribution in [0.3, 0.4) is 0 Å². The number of carbonyl (C=O) groups excluding carboxylic acids is 1. The maximum absolute atomic E-state index is 12.0. The molecule has 0 amide bonds. The van der Waals surface area contributed by atoms with Gasteiger partial charge in [-0.25, -0.2) is 4.79 Å². The molecule has 1 aromatic carbocycles. The number of thioether (sulfide) groups is 1. The zero-order valence-corrected chi connectivity index (χ0v) is 12.3. The smallest absolute Gasteiger partial charge is 0.337 e. The van der Waals surface area contributed by atoms with Crippen molar-refractivity contribution in [3.63, 3.8) is 0 Å². The van der Waals surface area contributed by atoms with E-state index in [1.165, 1.54) is 17.8 Å². The fraction of sp³-hybridized carbons (Fsp3) is 0.333. The molecule has 4 nitrogen and oxygen atoms in total. The Balaban J connectivity index is 3.33. The number of aliphatic carboxylic acids is 1. The Bertz CT molecular complexity index is 473. The quantitative estimate of drug-likeness (QED) is 0.492. The molecular weight excluding hydrogens is 320 g/mol. The van der Waals surface area contributed by atoms with Crippen molar-refractivity contribution in [1.82, 2.24) is 0 Å². The molecule has 98 valence electrons. The summed E-state index contributed by atoms with van der Waals surface area (Å²) in [6, 6.07) is 4.77. The van der Waals surface area contributed by atoms with Gasteiger partial charge in [0.05, 0.1) is 4.83 Å². The number of carbonyl (C=O) groups is 2. The molecule has 1 aromatic rings. The molecule has 2 N–H and O–H groups in total. The Kier molecular flexibility index (Phi) is 5.37. The predicted octanol–water partition coefficient (Wildman–Crippen LogP) is 2.49. The number of aliphatic hydroxyl groups excluding tert-OH is 1. The third-order valence-electron chi connectivity index (χ3n) is 2.42. The molecule has 0 aliphatic carbocycles. The van der Waals surface area contributed by atoms with E-state index in [1.807, 2.05) is 6.26 Å². The molecule has 0 aliphatic rings. The molecule has 0 heterocycles. The summed E-state index contributed by atoms with van der Waals surface area (Å²) in [6.07, 6.45) is 0.167. The van der Waals surface area contributed by atoms with E-state index >= 15 is 0 Å². The first-order valence-electron chi connectivity index (χ1n) is 5.15. The monoisotopic (exact) mass is 332 g/mol. The van der Waals surface area contributed by atoms with Crippen LogP contribution in [0.25, 0.3) is 0 Å². The predicted molar refractivity (Wildman–Crippen MR) is 73.5 cm³/mol. The maximum Gasteiger partial charge on any atom is 0.337 e. The van der Waals surface area contributed by atoms with Crippen LogP contribution in [0.4, 0.5) is 0 Å². The molecule has 0 aliphatic heterocycles. The lowest BCUT2D eigenvalue weighted by molar-refractivity contribution is -0.146. The van der Waals surface area contributed by atoms with Gasteiger partial charge in [-0.1, -0.05) is 22.0 Å². The van der Waals surface area contributed by atoms with Crippen molar-refractivity contribution in [2.75, 3.05) is 6.26 Å². The summed E-state index contributed by atoms with van der Waals surface area (Å²) in [6.45, 7) is 1.66. The molecule has 2 atom stereocenters. The summed E-state index contributed by atoms with van der Waals surface area (Å²) >= 11 is 4.60. The Morgan fingerprint density at radius 1 is 1.39 bits per heavy atom. The zero-order valence-electron chi connectivity index (χ0n) is 9.88. The number of rotatable bonds is 5. The molecule has 0 bridgehead atoms. The van der Waals surface area contributed by atoms with Gasteiger partial charge in [0, 0.05) is 16.0 Å². The van der Waals surface area contributed by atoms with Gasteiger partial charge in [-0.3, -0.25) is 4.79 Å². The van der Waals surface area contributed by atoms with Crippen molar-refractivity contribution in [3.05, 3.63) is 29.3 Å². The number of benzene rings is 1. The van der Waals surface area contributed by atoms with Crippen LogP contribution < -0.4 is 0 Å². The minimum absolute atomic E-state index is 0.122. The van der Waals surface area contributed by atoms with E-state index in [4.69, 9.17) is 5.11 Å². The van der Waals surface area contributed by atoms with Gasteiger partial charge in [0.15, 0.2) is 11.9 Å². The molecule has 0 radical (unpaired) electrons. The van der Waals surface area contributed by atoms with Gasteiger partial charge in [0.25, 0.3) is 0 Å². The largest absolute Gasteiger partial charge is 0.479 e. The van der Waals surface area contributed by atoms with Crippen LogP contribution in [0.1, 0.15) is 28.9 Å². The molecule has 18 heavy (non-hydrogen) atoms. The first kappa shape index (κ1) is 15.2. The van der Waals surface area contributed by atoms with Crippen molar-refractivity contribution < 1.29 is 19.8 Å². The highest BCUT2D eigenvalue weighted by Crippen LogP contribution is 2.26. The van der Waals surface area contributed by atoms with Crippen LogP contribution >= 0.6 is 27.7 Å². The van der Waals surface area contributed by atoms with E-state index in [9.17, 15) is 14.7 Å². The van der Waals surface area contributed by atoms with Crippen molar-refractivity contribution in [3.8, 4) is 0 Å². The van der Waals surface area contributed by atoms with Crippen LogP contribution in [0.5, 0.6) is 0 Å². The van der Waals surface area contributed by atoms with E-state index in [1.54, 1.807) is 19.1 Å². The number of halogens is 1. The summed E-state index contributed by atoms with van der Waals surface area (Å²) < 4.78 is 0. The number of ketones is 1. The minimum Gasteiger partial charge on any atom is -0.479 e. The van der Waals surface area contributed by atoms with E-state index in [2.05, 4.69) is 15.9 Å². The van der Waals surface area contributed by atoms with Gasteiger partial charge in [-0.05, 0) is 25.3 Å². The Hall–Kier alpha value is -0.850. The lowest BCUT2D eigenvalue weighted by Gasteiger charge is -2.13. The lowest BCUT2D eigenvalue weighted by atomic mass is 9.98. The highest BCUT2D eigenvalue weighted by Gasteiger charge is 2.24. The molecule has 0 aromatic heterocycles. The molecule has 1 rings (SSSR count). The molecule has 2 unspecified atom stereocenters. The minimum atomic E-state index is -1.69. The third-order valence-corrected chi connectivity index (χ3v) is 3.56. The normalized spacial score (nSPS) is 14.0. The van der Waals surface area contributed by atoms with Gasteiger partial charge < -0.3 is 10.2 Å². The second-order valence-electron chi connectivity index (χ2n) is 3.67. The third kappa shape index (κ3) is 3.34. The summed E-state index contributed by atoms with van der Waals surface area (Å²) in [4.78, 5) is 23.2. The zero-order chi connectivity index (χ0) is 13.9. The number of Topliss-reactive ketones (excluding diaryl/α,β-unsaturated/α-hetero) is 1. The van der Waals surface area contributed by atoms with Crippen LogP contribution in [0.15, 0.2) is 23.1 Å². The number of aliphatic hydroxyl groups is 1. The van der Waals surface area contributed by atoms with E-state index in [0.29, 0.717) is 0 Å². The fourth-order valence-electron chi connectivity index (χ4n) is 1.46. The molecule has 6 heteroatoms. The molecule has 0 saturated carbocycles. The molecule has 0 spiro atoms. The summed E-state index contributed by atoms with van der Waals surface area (Å²) in [7, 11) is 0. The second-order valence-corrected chi connectivity index (χ2v) is 5.93. The van der Waals surface area contributed by atoms with Gasteiger partial charge in [-0.15, -0.1) is 11.8 Å². The van der Waals surface area contributed by atoms with Crippen LogP contribution in [-0.4, -0.2) is 33.0 Å². The van der Waals surface area contributed by atoms with Gasteiger partial charge in [-0.2, -0.15) is 0 Å². The van der Waals surface area contributed by atoms with Crippen LogP contribution in [0, 0.1) is 0 Å². The molecule has 0 saturated heterocycles. The highest BCUT2D eigenvalue weighted by molar-refractivity contribution is 9.10. The highest BCUT2D eigenvalue weighted by atomic mass is 79.9. The van der Waals surface area contributed by atoms with Crippen molar-refractivity contribution in [1.29, 1.82) is 0 Å². The number of hydrogen-bond donors (Lipinski definition) is 2. The van der Waals surface area contributed by atoms with Crippen LogP contribution in [0.2, 0.25) is 0 Å². The maximum atomic E-state index is 12.0. The van der Waals surface area contributed by atoms with Gasteiger partial charge in [0.2, 0.25) is 0 Å². The first-order valence-corrected chi connectivity index (χ1v) is 7.29. The number of alkyl halides is 1. The van der Waals surface area contributed by atoms with Gasteiger partial charge in [0.1, 0.15) is 0 Å². The van der Waals surface area contributed by atoms with E-state index in [0.717, 1.165) is 4.90 Å². The summed E-state index contributed by atoms with van der Waals surface area (Å²) in [5.41, 5.74) is 0.359. The Labute approximate surface area is 118 Å². The number of hydrogen-bond acceptors (Lipinski definition) is 4. The van der Waals surface area contributed by atoms with E-state index < -0.39 is 16.9 Å². The molecule has 0 fully saturated rings. The number of carboxylic acids is 1. The average Bonchev–Trinajstić information content (AvgIpc) is 2.35. The SMILES string of the molecule is CSc1ccc(C(O)C(=O)O)c(C(=O)C(C)Br)c1. The van der Waals surface area contributed by atoms with Crippen molar-refractivity contribution in [2.24, 2.45) is 0 Å². The lowest BCUT2D eigenvalue weighted by Crippen LogP contribution is -2.18. The fourth-order valence-corrected chi connectivity index (χ4v) is 2.15. The van der Waals surface area contributed by atoms with Crippen LogP contribution in [-0.2, 0) is 4.79 Å². The van der Waals surface area contributed by atoms with Crippen molar-refractivity contribution in [2.45, 2.75) is 22.8 Å². The first-order chi connectivity index (χ1) is 8.38. The van der Waals surface area contributed by atoms with E-state index in [-0.39, 0.29) is 16.9 Å².